The van der Waals surface area contributed by atoms with Gasteiger partial charge in [-0.25, -0.2) is 0 Å². The lowest BCUT2D eigenvalue weighted by molar-refractivity contribution is -0.125. The minimum atomic E-state index is -4.19. The van der Waals surface area contributed by atoms with Gasteiger partial charge >= 0.3 is 6.18 Å². The molecule has 2 N–H and O–H groups in total. The van der Waals surface area contributed by atoms with Crippen LogP contribution in [0.15, 0.2) is 24.4 Å². The molecule has 1 heterocycles. The highest BCUT2D eigenvalue weighted by atomic mass is 35.5. The number of benzene rings is 1. The number of hydrogen-bond acceptors (Lipinski definition) is 1. The average molecular weight is 263 g/mol. The summed E-state index contributed by atoms with van der Waals surface area (Å²) < 4.78 is 35.9. The Morgan fingerprint density at radius 2 is 2.06 bits per heavy atom. The van der Waals surface area contributed by atoms with Gasteiger partial charge in [0.05, 0.1) is 6.54 Å². The summed E-state index contributed by atoms with van der Waals surface area (Å²) in [4.78, 5) is 2.97. The molecule has 0 spiro atoms. The zero-order chi connectivity index (χ0) is 12.5. The van der Waals surface area contributed by atoms with E-state index in [4.69, 9.17) is 11.6 Å². The molecule has 6 heteroatoms. The van der Waals surface area contributed by atoms with Gasteiger partial charge in [-0.05, 0) is 17.7 Å². The largest absolute Gasteiger partial charge is 0.401 e. The smallest absolute Gasteiger partial charge is 0.361 e. The zero-order valence-corrected chi connectivity index (χ0v) is 9.49. The number of aromatic nitrogens is 1. The van der Waals surface area contributed by atoms with Crippen molar-refractivity contribution in [3.63, 3.8) is 0 Å². The van der Waals surface area contributed by atoms with Crippen LogP contribution in [0.4, 0.5) is 13.2 Å². The number of H-pyrrole nitrogens is 1. The Balaban J connectivity index is 2.09. The van der Waals surface area contributed by atoms with E-state index in [1.54, 1.807) is 24.4 Å². The number of rotatable bonds is 3. The topological polar surface area (TPSA) is 27.8 Å². The lowest BCUT2D eigenvalue weighted by atomic mass is 10.2. The van der Waals surface area contributed by atoms with E-state index >= 15 is 0 Å². The van der Waals surface area contributed by atoms with Gasteiger partial charge in [0.2, 0.25) is 0 Å². The molecule has 0 aliphatic carbocycles. The molecule has 1 aromatic carbocycles. The van der Waals surface area contributed by atoms with E-state index in [0.717, 1.165) is 16.5 Å². The fourth-order valence-electron chi connectivity index (χ4n) is 1.64. The third-order valence-corrected chi connectivity index (χ3v) is 2.61. The highest BCUT2D eigenvalue weighted by Gasteiger charge is 2.26. The molecule has 0 fully saturated rings. The third kappa shape index (κ3) is 3.14. The summed E-state index contributed by atoms with van der Waals surface area (Å²) in [6.45, 7) is -0.825. The maximum absolute atomic E-state index is 12.0. The molecule has 2 rings (SSSR count). The van der Waals surface area contributed by atoms with Crippen molar-refractivity contribution in [2.45, 2.75) is 12.7 Å². The lowest BCUT2D eigenvalue weighted by Gasteiger charge is -2.07. The third-order valence-electron chi connectivity index (χ3n) is 2.37. The van der Waals surface area contributed by atoms with Gasteiger partial charge in [0.25, 0.3) is 0 Å². The molecule has 1 aromatic heterocycles. The molecule has 0 saturated heterocycles. The number of hydrogen-bond donors (Lipinski definition) is 2. The summed E-state index contributed by atoms with van der Waals surface area (Å²) in [5.74, 6) is 0. The number of fused-ring (bicyclic) bond motifs is 1. The second-order valence-electron chi connectivity index (χ2n) is 3.72. The SMILES string of the molecule is FC(F)(F)CNCc1c[nH]c2cc(Cl)ccc12. The molecular weight excluding hydrogens is 253 g/mol. The van der Waals surface area contributed by atoms with E-state index in [-0.39, 0.29) is 6.54 Å². The van der Waals surface area contributed by atoms with E-state index in [0.29, 0.717) is 5.02 Å². The predicted octanol–water partition coefficient (Wildman–Crippen LogP) is 3.47. The van der Waals surface area contributed by atoms with Crippen LogP contribution < -0.4 is 5.32 Å². The molecule has 0 saturated carbocycles. The maximum atomic E-state index is 12.0. The molecule has 0 radical (unpaired) electrons. The molecule has 0 amide bonds. The monoisotopic (exact) mass is 262 g/mol. The van der Waals surface area contributed by atoms with Gasteiger partial charge in [-0.2, -0.15) is 13.2 Å². The van der Waals surface area contributed by atoms with E-state index in [1.807, 2.05) is 0 Å². The molecule has 92 valence electrons. The van der Waals surface area contributed by atoms with Crippen LogP contribution in [-0.2, 0) is 6.54 Å². The zero-order valence-electron chi connectivity index (χ0n) is 8.74. The van der Waals surface area contributed by atoms with Crippen LogP contribution in [0.3, 0.4) is 0 Å². The van der Waals surface area contributed by atoms with Crippen molar-refractivity contribution < 1.29 is 13.2 Å². The van der Waals surface area contributed by atoms with Gasteiger partial charge in [-0.1, -0.05) is 17.7 Å². The van der Waals surface area contributed by atoms with Crippen LogP contribution in [0.1, 0.15) is 5.56 Å². The second-order valence-corrected chi connectivity index (χ2v) is 4.16. The Kier molecular flexibility index (Phi) is 3.31. The van der Waals surface area contributed by atoms with Gasteiger partial charge in [0.1, 0.15) is 0 Å². The van der Waals surface area contributed by atoms with Gasteiger partial charge < -0.3 is 10.3 Å². The van der Waals surface area contributed by atoms with Gasteiger partial charge in [0, 0.05) is 28.7 Å². The Labute approximate surface area is 101 Å². The molecule has 0 unspecified atom stereocenters. The van der Waals surface area contributed by atoms with E-state index in [1.165, 1.54) is 0 Å². The fourth-order valence-corrected chi connectivity index (χ4v) is 1.82. The Morgan fingerprint density at radius 1 is 1.29 bits per heavy atom. The Hall–Kier alpha value is -1.20. The number of halogens is 4. The second kappa shape index (κ2) is 4.58. The molecule has 0 aliphatic rings. The van der Waals surface area contributed by atoms with Gasteiger partial charge in [-0.3, -0.25) is 0 Å². The average Bonchev–Trinajstić information content (AvgIpc) is 2.59. The highest BCUT2D eigenvalue weighted by Crippen LogP contribution is 2.22. The summed E-state index contributed by atoms with van der Waals surface area (Å²) in [6.07, 6.45) is -2.50. The first-order valence-electron chi connectivity index (χ1n) is 4.99. The number of aromatic amines is 1. The van der Waals surface area contributed by atoms with Crippen molar-refractivity contribution in [2.75, 3.05) is 6.54 Å². The van der Waals surface area contributed by atoms with Crippen LogP contribution in [0.25, 0.3) is 10.9 Å². The van der Waals surface area contributed by atoms with Crippen LogP contribution in [0.2, 0.25) is 5.02 Å². The summed E-state index contributed by atoms with van der Waals surface area (Å²) in [7, 11) is 0. The highest BCUT2D eigenvalue weighted by molar-refractivity contribution is 6.31. The molecule has 0 atom stereocenters. The maximum Gasteiger partial charge on any atom is 0.401 e. The molecule has 17 heavy (non-hydrogen) atoms. The van der Waals surface area contributed by atoms with Crippen molar-refractivity contribution in [3.05, 3.63) is 35.0 Å². The summed E-state index contributed by atoms with van der Waals surface area (Å²) >= 11 is 5.81. The minimum absolute atomic E-state index is 0.168. The van der Waals surface area contributed by atoms with Crippen LogP contribution in [-0.4, -0.2) is 17.7 Å². The van der Waals surface area contributed by atoms with Gasteiger partial charge in [-0.15, -0.1) is 0 Å². The van der Waals surface area contributed by atoms with Crippen molar-refractivity contribution in [2.24, 2.45) is 0 Å². The van der Waals surface area contributed by atoms with Crippen molar-refractivity contribution in [3.8, 4) is 0 Å². The Bertz CT molecular complexity index is 519. The van der Waals surface area contributed by atoms with Crippen LogP contribution in [0.5, 0.6) is 0 Å². The molecule has 2 nitrogen and oxygen atoms in total. The van der Waals surface area contributed by atoms with Crippen molar-refractivity contribution in [1.82, 2.24) is 10.3 Å². The summed E-state index contributed by atoms with van der Waals surface area (Å²) in [5, 5.41) is 3.83. The first-order valence-corrected chi connectivity index (χ1v) is 5.36. The number of nitrogens with one attached hydrogen (secondary N) is 2. The van der Waals surface area contributed by atoms with Crippen molar-refractivity contribution in [1.29, 1.82) is 0 Å². The van der Waals surface area contributed by atoms with Gasteiger partial charge in [0.15, 0.2) is 0 Å². The van der Waals surface area contributed by atoms with E-state index < -0.39 is 12.7 Å². The Morgan fingerprint density at radius 3 is 2.76 bits per heavy atom. The first kappa shape index (κ1) is 12.3. The summed E-state index contributed by atoms with van der Waals surface area (Å²) in [6, 6.07) is 5.24. The fraction of sp³-hybridized carbons (Fsp3) is 0.273. The minimum Gasteiger partial charge on any atom is -0.361 e. The number of alkyl halides is 3. The van der Waals surface area contributed by atoms with E-state index in [9.17, 15) is 13.2 Å². The molecule has 0 aliphatic heterocycles. The van der Waals surface area contributed by atoms with Crippen LogP contribution in [0, 0.1) is 0 Å². The molecule has 2 aromatic rings. The van der Waals surface area contributed by atoms with Crippen molar-refractivity contribution >= 4 is 22.5 Å². The molecular formula is C11H10ClF3N2. The normalized spacial score (nSPS) is 12.2. The molecule has 0 bridgehead atoms. The summed E-state index contributed by atoms with van der Waals surface area (Å²) in [5.41, 5.74) is 1.61. The first-order chi connectivity index (χ1) is 7.96. The predicted molar refractivity (Wildman–Crippen MR) is 61.1 cm³/mol. The van der Waals surface area contributed by atoms with E-state index in [2.05, 4.69) is 10.3 Å². The standard InChI is InChI=1S/C11H10ClF3N2/c12-8-1-2-9-7(5-17-10(9)3-8)4-16-6-11(13,14)15/h1-3,5,16-17H,4,6H2. The quantitative estimate of drug-likeness (QED) is 0.871. The van der Waals surface area contributed by atoms with Crippen LogP contribution >= 0.6 is 11.6 Å². The lowest BCUT2D eigenvalue weighted by Crippen LogP contribution is -2.28.